The third kappa shape index (κ3) is 4.34. The SMILES string of the molecule is NS(=O)(=O)c1cccnc1NCc1cccc(CN2CCCC2=O)c1. The fraction of sp³-hybridized carbons (Fsp3) is 0.294. The maximum absolute atomic E-state index is 11.7. The molecule has 8 heteroatoms. The lowest BCUT2D eigenvalue weighted by Gasteiger charge is -2.16. The molecule has 0 aliphatic carbocycles. The third-order valence-electron chi connectivity index (χ3n) is 4.07. The van der Waals surface area contributed by atoms with Gasteiger partial charge in [0.1, 0.15) is 10.7 Å². The predicted octanol–water partition coefficient (Wildman–Crippen LogP) is 1.46. The summed E-state index contributed by atoms with van der Waals surface area (Å²) in [6.45, 7) is 1.80. The highest BCUT2D eigenvalue weighted by Crippen LogP contribution is 2.18. The minimum absolute atomic E-state index is 0.0335. The summed E-state index contributed by atoms with van der Waals surface area (Å²) in [6.07, 6.45) is 3.04. The lowest BCUT2D eigenvalue weighted by molar-refractivity contribution is -0.128. The Kier molecular flexibility index (Phi) is 5.00. The Bertz CT molecular complexity index is 883. The van der Waals surface area contributed by atoms with E-state index in [2.05, 4.69) is 10.3 Å². The van der Waals surface area contributed by atoms with Crippen LogP contribution in [0.5, 0.6) is 0 Å². The molecule has 132 valence electrons. The van der Waals surface area contributed by atoms with E-state index in [1.165, 1.54) is 18.3 Å². The van der Waals surface area contributed by atoms with Gasteiger partial charge < -0.3 is 10.2 Å². The van der Waals surface area contributed by atoms with E-state index in [0.717, 1.165) is 24.1 Å². The fourth-order valence-electron chi connectivity index (χ4n) is 2.87. The van der Waals surface area contributed by atoms with Crippen molar-refractivity contribution in [2.45, 2.75) is 30.8 Å². The van der Waals surface area contributed by atoms with E-state index in [0.29, 0.717) is 19.5 Å². The molecule has 1 aliphatic rings. The topological polar surface area (TPSA) is 105 Å². The number of nitrogens with one attached hydrogen (secondary N) is 1. The summed E-state index contributed by atoms with van der Waals surface area (Å²) in [6, 6.07) is 10.8. The number of hydrogen-bond acceptors (Lipinski definition) is 5. The Hall–Kier alpha value is -2.45. The molecule has 1 saturated heterocycles. The molecular formula is C17H20N4O3S. The first-order chi connectivity index (χ1) is 11.9. The van der Waals surface area contributed by atoms with E-state index in [4.69, 9.17) is 5.14 Å². The number of aromatic nitrogens is 1. The minimum atomic E-state index is -3.84. The first-order valence-corrected chi connectivity index (χ1v) is 9.55. The van der Waals surface area contributed by atoms with Gasteiger partial charge in [-0.1, -0.05) is 24.3 Å². The molecule has 0 unspecified atom stereocenters. The van der Waals surface area contributed by atoms with E-state index in [1.54, 1.807) is 0 Å². The molecule has 7 nitrogen and oxygen atoms in total. The molecule has 0 saturated carbocycles. The zero-order chi connectivity index (χ0) is 17.9. The smallest absolute Gasteiger partial charge is 0.241 e. The van der Waals surface area contributed by atoms with E-state index in [1.807, 2.05) is 29.2 Å². The maximum Gasteiger partial charge on any atom is 0.241 e. The maximum atomic E-state index is 11.7. The Morgan fingerprint density at radius 2 is 2.00 bits per heavy atom. The number of hydrogen-bond donors (Lipinski definition) is 2. The molecule has 3 N–H and O–H groups in total. The average Bonchev–Trinajstić information content (AvgIpc) is 2.98. The first-order valence-electron chi connectivity index (χ1n) is 8.01. The zero-order valence-corrected chi connectivity index (χ0v) is 14.5. The van der Waals surface area contributed by atoms with Crippen molar-refractivity contribution >= 4 is 21.7 Å². The molecule has 3 rings (SSSR count). The number of nitrogens with zero attached hydrogens (tertiary/aromatic N) is 2. The summed E-state index contributed by atoms with van der Waals surface area (Å²) < 4.78 is 23.2. The van der Waals surface area contributed by atoms with Crippen LogP contribution in [0.2, 0.25) is 0 Å². The predicted molar refractivity (Wildman–Crippen MR) is 94.0 cm³/mol. The molecule has 0 bridgehead atoms. The molecule has 2 heterocycles. The second-order valence-electron chi connectivity index (χ2n) is 5.99. The Morgan fingerprint density at radius 3 is 2.72 bits per heavy atom. The normalized spacial score (nSPS) is 14.8. The largest absolute Gasteiger partial charge is 0.365 e. The number of amides is 1. The first kappa shape index (κ1) is 17.4. The van der Waals surface area contributed by atoms with Gasteiger partial charge in [-0.15, -0.1) is 0 Å². The molecular weight excluding hydrogens is 340 g/mol. The second kappa shape index (κ2) is 7.20. The van der Waals surface area contributed by atoms with Crippen molar-refractivity contribution < 1.29 is 13.2 Å². The lowest BCUT2D eigenvalue weighted by atomic mass is 10.1. The molecule has 2 aromatic rings. The third-order valence-corrected chi connectivity index (χ3v) is 5.02. The second-order valence-corrected chi connectivity index (χ2v) is 7.52. The number of nitrogens with two attached hydrogens (primary N) is 1. The summed E-state index contributed by atoms with van der Waals surface area (Å²) >= 11 is 0. The molecule has 1 fully saturated rings. The van der Waals surface area contributed by atoms with E-state index in [-0.39, 0.29) is 16.6 Å². The zero-order valence-electron chi connectivity index (χ0n) is 13.7. The number of sulfonamides is 1. The van der Waals surface area contributed by atoms with Gasteiger partial charge >= 0.3 is 0 Å². The highest BCUT2D eigenvalue weighted by atomic mass is 32.2. The lowest BCUT2D eigenvalue weighted by Crippen LogP contribution is -2.23. The summed E-state index contributed by atoms with van der Waals surface area (Å²) in [5.74, 6) is 0.417. The molecule has 0 atom stereocenters. The van der Waals surface area contributed by atoms with Crippen molar-refractivity contribution in [2.75, 3.05) is 11.9 Å². The minimum Gasteiger partial charge on any atom is -0.365 e. The van der Waals surface area contributed by atoms with Gasteiger partial charge in [0.2, 0.25) is 15.9 Å². The molecule has 1 aromatic heterocycles. The van der Waals surface area contributed by atoms with Gasteiger partial charge in [0.15, 0.2) is 0 Å². The number of pyridine rings is 1. The van der Waals surface area contributed by atoms with Gasteiger partial charge in [-0.05, 0) is 29.7 Å². The van der Waals surface area contributed by atoms with Crippen molar-refractivity contribution in [3.8, 4) is 0 Å². The van der Waals surface area contributed by atoms with Crippen molar-refractivity contribution in [2.24, 2.45) is 5.14 Å². The summed E-state index contributed by atoms with van der Waals surface area (Å²) in [4.78, 5) is 17.6. The molecule has 0 spiro atoms. The number of rotatable bonds is 6. The van der Waals surface area contributed by atoms with Gasteiger partial charge in [0.05, 0.1) is 0 Å². The van der Waals surface area contributed by atoms with Crippen LogP contribution in [0.15, 0.2) is 47.5 Å². The van der Waals surface area contributed by atoms with Crippen LogP contribution < -0.4 is 10.5 Å². The van der Waals surface area contributed by atoms with Gasteiger partial charge in [-0.2, -0.15) is 0 Å². The number of anilines is 1. The number of carbonyl (C=O) groups excluding carboxylic acids is 1. The van der Waals surface area contributed by atoms with Crippen LogP contribution in [0.25, 0.3) is 0 Å². The number of benzene rings is 1. The van der Waals surface area contributed by atoms with Crippen molar-refractivity contribution in [3.63, 3.8) is 0 Å². The van der Waals surface area contributed by atoms with Crippen LogP contribution in [0.3, 0.4) is 0 Å². The van der Waals surface area contributed by atoms with Crippen LogP contribution in [0.4, 0.5) is 5.82 Å². The Morgan fingerprint density at radius 1 is 1.20 bits per heavy atom. The molecule has 0 radical (unpaired) electrons. The standard InChI is InChI=1S/C17H20N4O3S/c18-25(23,24)15-6-2-8-19-17(15)20-11-13-4-1-5-14(10-13)12-21-9-3-7-16(21)22/h1-2,4-6,8,10H,3,7,9,11-12H2,(H,19,20)(H2,18,23,24). The van der Waals surface area contributed by atoms with Gasteiger partial charge in [0.25, 0.3) is 0 Å². The van der Waals surface area contributed by atoms with Crippen LogP contribution in [-0.2, 0) is 27.9 Å². The molecule has 1 aromatic carbocycles. The average molecular weight is 360 g/mol. The summed E-state index contributed by atoms with van der Waals surface area (Å²) in [5, 5.41) is 8.22. The Labute approximate surface area is 146 Å². The highest BCUT2D eigenvalue weighted by molar-refractivity contribution is 7.89. The van der Waals surface area contributed by atoms with Crippen LogP contribution in [0.1, 0.15) is 24.0 Å². The van der Waals surface area contributed by atoms with E-state index < -0.39 is 10.0 Å². The van der Waals surface area contributed by atoms with Crippen molar-refractivity contribution in [1.82, 2.24) is 9.88 Å². The summed E-state index contributed by atoms with van der Waals surface area (Å²) in [7, 11) is -3.84. The highest BCUT2D eigenvalue weighted by Gasteiger charge is 2.20. The van der Waals surface area contributed by atoms with Gasteiger partial charge in [-0.25, -0.2) is 18.5 Å². The van der Waals surface area contributed by atoms with E-state index in [9.17, 15) is 13.2 Å². The fourth-order valence-corrected chi connectivity index (χ4v) is 3.53. The number of likely N-dealkylation sites (tertiary alicyclic amines) is 1. The van der Waals surface area contributed by atoms with Gasteiger partial charge in [0, 0.05) is 32.3 Å². The number of carbonyl (C=O) groups is 1. The van der Waals surface area contributed by atoms with Crippen LogP contribution in [-0.4, -0.2) is 30.8 Å². The van der Waals surface area contributed by atoms with Gasteiger partial charge in [-0.3, -0.25) is 4.79 Å². The van der Waals surface area contributed by atoms with Crippen LogP contribution >= 0.6 is 0 Å². The molecule has 1 aliphatic heterocycles. The summed E-state index contributed by atoms with van der Waals surface area (Å²) in [5.41, 5.74) is 2.01. The van der Waals surface area contributed by atoms with Crippen molar-refractivity contribution in [3.05, 3.63) is 53.7 Å². The molecule has 1 amide bonds. The van der Waals surface area contributed by atoms with E-state index >= 15 is 0 Å². The van der Waals surface area contributed by atoms with Crippen LogP contribution in [0, 0.1) is 0 Å². The molecule has 25 heavy (non-hydrogen) atoms. The Balaban J connectivity index is 1.70. The van der Waals surface area contributed by atoms with Crippen molar-refractivity contribution in [1.29, 1.82) is 0 Å². The number of primary sulfonamides is 1. The quantitative estimate of drug-likeness (QED) is 0.811. The monoisotopic (exact) mass is 360 g/mol.